The maximum atomic E-state index is 14.6. The molecular weight excluding hydrogens is 484 g/mol. The van der Waals surface area contributed by atoms with E-state index in [0.717, 1.165) is 28.8 Å². The SMILES string of the molecule is C/C=C/C(F)(F)c1cc(=O)oc2ccc(Cc3ccc(S(=O)(=O)NCc4cccc(C)c4)cc3)cc12. The molecule has 0 atom stereocenters. The molecule has 5 nitrogen and oxygen atoms in total. The summed E-state index contributed by atoms with van der Waals surface area (Å²) in [6.07, 6.45) is 2.34. The highest BCUT2D eigenvalue weighted by molar-refractivity contribution is 7.89. The van der Waals surface area contributed by atoms with E-state index in [-0.39, 0.29) is 22.4 Å². The van der Waals surface area contributed by atoms with Crippen molar-refractivity contribution in [1.82, 2.24) is 4.72 Å². The molecule has 0 amide bonds. The Hall–Kier alpha value is -3.62. The minimum absolute atomic E-state index is 0.0755. The highest BCUT2D eigenvalue weighted by Crippen LogP contribution is 2.34. The van der Waals surface area contributed by atoms with Crippen LogP contribution in [-0.4, -0.2) is 8.42 Å². The van der Waals surface area contributed by atoms with Crippen molar-refractivity contribution in [3.63, 3.8) is 0 Å². The minimum atomic E-state index is -3.70. The summed E-state index contributed by atoms with van der Waals surface area (Å²) in [5.74, 6) is -3.33. The molecule has 0 aliphatic rings. The zero-order valence-corrected chi connectivity index (χ0v) is 20.6. The Labute approximate surface area is 208 Å². The van der Waals surface area contributed by atoms with Crippen molar-refractivity contribution in [2.24, 2.45) is 0 Å². The lowest BCUT2D eigenvalue weighted by Crippen LogP contribution is -2.23. The Morgan fingerprint density at radius 2 is 1.67 bits per heavy atom. The second kappa shape index (κ2) is 10.2. The monoisotopic (exact) mass is 509 g/mol. The summed E-state index contributed by atoms with van der Waals surface area (Å²) in [6, 6.07) is 19.6. The molecule has 1 N–H and O–H groups in total. The molecule has 1 heterocycles. The smallest absolute Gasteiger partial charge is 0.336 e. The Balaban J connectivity index is 1.55. The molecule has 0 bridgehead atoms. The van der Waals surface area contributed by atoms with Crippen LogP contribution in [0.25, 0.3) is 11.0 Å². The van der Waals surface area contributed by atoms with Crippen molar-refractivity contribution in [2.45, 2.75) is 37.6 Å². The summed E-state index contributed by atoms with van der Waals surface area (Å²) in [4.78, 5) is 11.9. The van der Waals surface area contributed by atoms with Gasteiger partial charge in [0, 0.05) is 23.6 Å². The van der Waals surface area contributed by atoms with E-state index in [1.54, 1.807) is 24.3 Å². The van der Waals surface area contributed by atoms with Gasteiger partial charge in [0.05, 0.1) is 4.90 Å². The number of aryl methyl sites for hydroxylation is 1. The molecule has 0 fully saturated rings. The second-order valence-electron chi connectivity index (χ2n) is 8.57. The third-order valence-electron chi connectivity index (χ3n) is 5.73. The van der Waals surface area contributed by atoms with E-state index in [0.29, 0.717) is 12.0 Å². The summed E-state index contributed by atoms with van der Waals surface area (Å²) in [7, 11) is -3.70. The maximum absolute atomic E-state index is 14.6. The van der Waals surface area contributed by atoms with E-state index in [4.69, 9.17) is 4.42 Å². The summed E-state index contributed by atoms with van der Waals surface area (Å²) in [5.41, 5.74) is 2.23. The number of halogens is 2. The van der Waals surface area contributed by atoms with Gasteiger partial charge in [-0.2, -0.15) is 8.78 Å². The van der Waals surface area contributed by atoms with Crippen LogP contribution in [0.2, 0.25) is 0 Å². The highest BCUT2D eigenvalue weighted by Gasteiger charge is 2.31. The normalized spacial score (nSPS) is 12.4. The fourth-order valence-corrected chi connectivity index (χ4v) is 5.02. The van der Waals surface area contributed by atoms with Crippen LogP contribution in [0.1, 0.15) is 34.7 Å². The first kappa shape index (κ1) is 25.5. The lowest BCUT2D eigenvalue weighted by atomic mass is 9.99. The molecule has 0 saturated heterocycles. The second-order valence-corrected chi connectivity index (χ2v) is 10.3. The molecule has 0 unspecified atom stereocenters. The van der Waals surface area contributed by atoms with E-state index in [2.05, 4.69) is 4.72 Å². The van der Waals surface area contributed by atoms with E-state index in [1.807, 2.05) is 31.2 Å². The Morgan fingerprint density at radius 3 is 2.36 bits per heavy atom. The van der Waals surface area contributed by atoms with Crippen molar-refractivity contribution in [2.75, 3.05) is 0 Å². The molecule has 0 radical (unpaired) electrons. The van der Waals surface area contributed by atoms with Crippen LogP contribution in [0.3, 0.4) is 0 Å². The Morgan fingerprint density at radius 1 is 0.944 bits per heavy atom. The number of hydrogen-bond donors (Lipinski definition) is 1. The predicted octanol–water partition coefficient (Wildman–Crippen LogP) is 5.84. The van der Waals surface area contributed by atoms with Gasteiger partial charge in [0.2, 0.25) is 10.0 Å². The first-order valence-corrected chi connectivity index (χ1v) is 12.8. The first-order chi connectivity index (χ1) is 17.1. The molecule has 36 heavy (non-hydrogen) atoms. The Bertz CT molecular complexity index is 1590. The summed E-state index contributed by atoms with van der Waals surface area (Å²) in [6.45, 7) is 3.60. The average molecular weight is 510 g/mol. The fraction of sp³-hybridized carbons (Fsp3) is 0.179. The molecule has 3 aromatic carbocycles. The summed E-state index contributed by atoms with van der Waals surface area (Å²) >= 11 is 0. The quantitative estimate of drug-likeness (QED) is 0.239. The topological polar surface area (TPSA) is 76.4 Å². The number of sulfonamides is 1. The predicted molar refractivity (Wildman–Crippen MR) is 136 cm³/mol. The van der Waals surface area contributed by atoms with Crippen molar-refractivity contribution >= 4 is 21.0 Å². The zero-order chi connectivity index (χ0) is 25.9. The summed E-state index contributed by atoms with van der Waals surface area (Å²) in [5, 5.41) is 0.148. The van der Waals surface area contributed by atoms with Gasteiger partial charge in [-0.3, -0.25) is 0 Å². The molecular formula is C28H25F2NO4S. The van der Waals surface area contributed by atoms with Gasteiger partial charge in [0.25, 0.3) is 5.92 Å². The van der Waals surface area contributed by atoms with Crippen LogP contribution < -0.4 is 10.3 Å². The number of allylic oxidation sites excluding steroid dienone is 2. The van der Waals surface area contributed by atoms with E-state index in [9.17, 15) is 22.0 Å². The highest BCUT2D eigenvalue weighted by atomic mass is 32.2. The molecule has 0 aliphatic heterocycles. The van der Waals surface area contributed by atoms with E-state index in [1.165, 1.54) is 31.2 Å². The standard InChI is InChI=1S/C28H25F2NO4S/c1-3-13-28(29,30)25-17-27(32)35-26-12-9-21(16-24(25)26)15-20-7-10-23(11-8-20)36(33,34)31-18-22-6-4-5-19(2)14-22/h3-14,16-17,31H,15,18H2,1-2H3/b13-3+. The van der Waals surface area contributed by atoms with Crippen molar-refractivity contribution in [3.05, 3.63) is 123 Å². The number of alkyl halides is 2. The average Bonchev–Trinajstić information content (AvgIpc) is 2.83. The third kappa shape index (κ3) is 5.78. The molecule has 0 spiro atoms. The summed E-state index contributed by atoms with van der Waals surface area (Å²) < 4.78 is 62.4. The van der Waals surface area contributed by atoms with Gasteiger partial charge in [0.1, 0.15) is 5.58 Å². The molecule has 4 rings (SSSR count). The lowest BCUT2D eigenvalue weighted by molar-refractivity contribution is 0.0531. The lowest BCUT2D eigenvalue weighted by Gasteiger charge is -2.14. The van der Waals surface area contributed by atoms with E-state index < -0.39 is 27.1 Å². The van der Waals surface area contributed by atoms with Crippen molar-refractivity contribution in [1.29, 1.82) is 0 Å². The van der Waals surface area contributed by atoms with Gasteiger partial charge in [-0.15, -0.1) is 0 Å². The minimum Gasteiger partial charge on any atom is -0.423 e. The maximum Gasteiger partial charge on any atom is 0.336 e. The van der Waals surface area contributed by atoms with Gasteiger partial charge in [-0.05, 0) is 67.3 Å². The molecule has 0 saturated carbocycles. The van der Waals surface area contributed by atoms with Gasteiger partial charge >= 0.3 is 5.63 Å². The molecule has 186 valence electrons. The molecule has 0 aliphatic carbocycles. The van der Waals surface area contributed by atoms with Crippen LogP contribution in [0.15, 0.2) is 99.1 Å². The van der Waals surface area contributed by atoms with Crippen LogP contribution in [-0.2, 0) is 28.9 Å². The number of fused-ring (bicyclic) bond motifs is 1. The fourth-order valence-electron chi connectivity index (χ4n) is 4.00. The largest absolute Gasteiger partial charge is 0.423 e. The molecule has 4 aromatic rings. The van der Waals surface area contributed by atoms with Gasteiger partial charge < -0.3 is 4.42 Å². The van der Waals surface area contributed by atoms with Crippen LogP contribution >= 0.6 is 0 Å². The van der Waals surface area contributed by atoms with Crippen LogP contribution in [0.5, 0.6) is 0 Å². The van der Waals surface area contributed by atoms with E-state index >= 15 is 0 Å². The third-order valence-corrected chi connectivity index (χ3v) is 7.15. The molecule has 8 heteroatoms. The zero-order valence-electron chi connectivity index (χ0n) is 19.8. The first-order valence-electron chi connectivity index (χ1n) is 11.3. The van der Waals surface area contributed by atoms with Crippen LogP contribution in [0, 0.1) is 6.92 Å². The van der Waals surface area contributed by atoms with Crippen molar-refractivity contribution in [3.8, 4) is 0 Å². The van der Waals surface area contributed by atoms with Gasteiger partial charge in [-0.1, -0.05) is 54.1 Å². The molecule has 1 aromatic heterocycles. The Kier molecular flexibility index (Phi) is 7.19. The number of hydrogen-bond acceptors (Lipinski definition) is 4. The number of rotatable bonds is 8. The van der Waals surface area contributed by atoms with Crippen LogP contribution in [0.4, 0.5) is 8.78 Å². The van der Waals surface area contributed by atoms with Crippen molar-refractivity contribution < 1.29 is 21.6 Å². The van der Waals surface area contributed by atoms with Gasteiger partial charge in [0.15, 0.2) is 0 Å². The number of benzene rings is 3. The van der Waals surface area contributed by atoms with Gasteiger partial charge in [-0.25, -0.2) is 17.9 Å². The number of nitrogens with one attached hydrogen (secondary N) is 1.